The van der Waals surface area contributed by atoms with E-state index in [1.165, 1.54) is 29.7 Å². The summed E-state index contributed by atoms with van der Waals surface area (Å²) in [5.74, 6) is -0.283. The molecule has 0 radical (unpaired) electrons. The van der Waals surface area contributed by atoms with Gasteiger partial charge in [0.05, 0.1) is 67.9 Å². The number of furan rings is 1. The Balaban J connectivity index is 0.000000143. The number of thiophene rings is 2. The van der Waals surface area contributed by atoms with Crippen LogP contribution in [0.2, 0.25) is 10.0 Å². The number of nitrogens with zero attached hydrogens (tertiary/aromatic N) is 13. The number of halogens is 3. The average Bonchev–Trinajstić information content (AvgIpc) is 1.01. The van der Waals surface area contributed by atoms with Crippen LogP contribution >= 0.6 is 45.9 Å². The number of piperazine rings is 3. The maximum absolute atomic E-state index is 13.5. The van der Waals surface area contributed by atoms with Crippen LogP contribution in [0.1, 0.15) is 64.8 Å². The molecule has 20 nitrogen and oxygen atoms in total. The van der Waals surface area contributed by atoms with Crippen molar-refractivity contribution in [2.45, 2.75) is 26.1 Å². The van der Waals surface area contributed by atoms with Gasteiger partial charge in [-0.15, -0.1) is 11.3 Å². The number of aromatic nitrogens is 3. The zero-order valence-corrected chi connectivity index (χ0v) is 58.5. The maximum atomic E-state index is 13.5. The van der Waals surface area contributed by atoms with E-state index in [0.717, 1.165) is 51.3 Å². The molecule has 0 atom stereocenters. The number of pyridine rings is 3. The zero-order valence-electron chi connectivity index (χ0n) is 55.3. The SMILES string of the molecule is CN(C)CCCn1c(=O)c(C#N)c(N2CCN(C(=O)c3ccc(Cl)c(Cl)c3)CC2)c2ccccc21.N#Cc1c(N2CCN(C(=O)c3ccco3)CC2)c2ccccc2n(Cc2ccsc2)c1=O.N#Cc1c(N2CCN(C(=O)c3cccs3)CC2)c2ccccc2n(Cc2ccc(F)cc2)c1=O. The van der Waals surface area contributed by atoms with Gasteiger partial charge in [-0.2, -0.15) is 27.1 Å². The van der Waals surface area contributed by atoms with Crippen LogP contribution in [0.25, 0.3) is 32.7 Å². The van der Waals surface area contributed by atoms with Gasteiger partial charge < -0.3 is 52.4 Å². The van der Waals surface area contributed by atoms with E-state index in [9.17, 15) is 48.9 Å². The molecule has 6 aromatic heterocycles. The predicted molar refractivity (Wildman–Crippen MR) is 395 cm³/mol. The topological polar surface area (TPSA) is 224 Å². The van der Waals surface area contributed by atoms with E-state index in [1.807, 2.05) is 141 Å². The van der Waals surface area contributed by atoms with E-state index < -0.39 is 0 Å². The summed E-state index contributed by atoms with van der Waals surface area (Å²) >= 11 is 15.1. The third kappa shape index (κ3) is 15.0. The first kappa shape index (κ1) is 70.0. The number of carbonyl (C=O) groups excluding carboxylic acids is 3. The monoisotopic (exact) mass is 1430 g/mol. The molecule has 3 aliphatic heterocycles. The first-order valence-corrected chi connectivity index (χ1v) is 35.3. The van der Waals surface area contributed by atoms with E-state index in [-0.39, 0.29) is 63.5 Å². The molecule has 25 heteroatoms. The molecule has 14 rings (SSSR count). The van der Waals surface area contributed by atoms with Gasteiger partial charge in [0.25, 0.3) is 34.4 Å². The highest BCUT2D eigenvalue weighted by Gasteiger charge is 2.32. The van der Waals surface area contributed by atoms with Gasteiger partial charge >= 0.3 is 0 Å². The van der Waals surface area contributed by atoms with Gasteiger partial charge in [0.2, 0.25) is 0 Å². The van der Waals surface area contributed by atoms with Crippen LogP contribution in [0, 0.1) is 39.8 Å². The fraction of sp³-hybridized carbons (Fsp3) is 0.250. The lowest BCUT2D eigenvalue weighted by Gasteiger charge is -2.37. The lowest BCUT2D eigenvalue weighted by atomic mass is 10.1. The second-order valence-electron chi connectivity index (χ2n) is 24.6. The lowest BCUT2D eigenvalue weighted by Crippen LogP contribution is -2.49. The Bertz CT molecular complexity index is 5190. The number of aryl methyl sites for hydroxylation is 1. The molecule has 5 aromatic carbocycles. The summed E-state index contributed by atoms with van der Waals surface area (Å²) in [5, 5.41) is 39.1. The average molecular weight is 1430 g/mol. The number of anilines is 3. The number of para-hydroxylation sites is 3. The first-order chi connectivity index (χ1) is 49.0. The van der Waals surface area contributed by atoms with Gasteiger partial charge in [-0.25, -0.2) is 4.39 Å². The molecular formula is C76H68Cl2FN13O7S2. The summed E-state index contributed by atoms with van der Waals surface area (Å²) in [6.07, 6.45) is 2.29. The molecule has 3 fully saturated rings. The van der Waals surface area contributed by atoms with Crippen LogP contribution in [0.5, 0.6) is 0 Å². The quantitative estimate of drug-likeness (QED) is 0.0987. The second-order valence-corrected chi connectivity index (χ2v) is 27.2. The van der Waals surface area contributed by atoms with Gasteiger partial charge in [-0.05, 0) is 127 Å². The molecule has 0 spiro atoms. The number of amides is 3. The third-order valence-corrected chi connectivity index (χ3v) is 20.5. The minimum atomic E-state index is -0.377. The molecule has 0 N–H and O–H groups in total. The molecule has 0 unspecified atom stereocenters. The molecular weight excluding hydrogens is 1360 g/mol. The van der Waals surface area contributed by atoms with E-state index in [1.54, 1.807) is 77.3 Å². The van der Waals surface area contributed by atoms with Crippen molar-refractivity contribution in [1.82, 2.24) is 33.3 Å². The number of nitriles is 3. The molecule has 3 amide bonds. The maximum Gasteiger partial charge on any atom is 0.289 e. The first-order valence-electron chi connectivity index (χ1n) is 32.8. The summed E-state index contributed by atoms with van der Waals surface area (Å²) < 4.78 is 23.5. The predicted octanol–water partition coefficient (Wildman–Crippen LogP) is 11.7. The van der Waals surface area contributed by atoms with E-state index in [0.29, 0.717) is 140 Å². The number of carbonyl (C=O) groups is 3. The van der Waals surface area contributed by atoms with Crippen LogP contribution in [0.4, 0.5) is 21.5 Å². The normalized spacial score (nSPS) is 13.9. The zero-order chi connectivity index (χ0) is 70.8. The van der Waals surface area contributed by atoms with Crippen molar-refractivity contribution in [2.24, 2.45) is 0 Å². The Morgan fingerprint density at radius 3 is 1.44 bits per heavy atom. The number of hydrogen-bond acceptors (Lipinski definition) is 16. The number of fused-ring (bicyclic) bond motifs is 3. The molecule has 9 heterocycles. The van der Waals surface area contributed by atoms with E-state index in [4.69, 9.17) is 27.6 Å². The second kappa shape index (κ2) is 31.6. The van der Waals surface area contributed by atoms with Gasteiger partial charge in [0.15, 0.2) is 5.76 Å². The van der Waals surface area contributed by atoms with Crippen molar-refractivity contribution in [3.8, 4) is 18.2 Å². The molecule has 0 bridgehead atoms. The van der Waals surface area contributed by atoms with Crippen molar-refractivity contribution >= 4 is 113 Å². The fourth-order valence-corrected chi connectivity index (χ4v) is 14.8. The van der Waals surface area contributed by atoms with Crippen molar-refractivity contribution in [3.63, 3.8) is 0 Å². The highest BCUT2D eigenvalue weighted by atomic mass is 35.5. The van der Waals surface area contributed by atoms with Gasteiger partial charge in [-0.3, -0.25) is 28.8 Å². The molecule has 3 saturated heterocycles. The van der Waals surface area contributed by atoms with Crippen molar-refractivity contribution in [1.29, 1.82) is 15.8 Å². The number of hydrogen-bond donors (Lipinski definition) is 0. The summed E-state index contributed by atoms with van der Waals surface area (Å²) in [6.45, 7) is 8.07. The number of rotatable bonds is 14. The highest BCUT2D eigenvalue weighted by Crippen LogP contribution is 2.34. The minimum Gasteiger partial charge on any atom is -0.459 e. The largest absolute Gasteiger partial charge is 0.459 e. The van der Waals surface area contributed by atoms with Gasteiger partial charge in [-0.1, -0.05) is 96.0 Å². The Hall–Kier alpha value is -10.8. The van der Waals surface area contributed by atoms with E-state index in [2.05, 4.69) is 23.1 Å². The Kier molecular flexibility index (Phi) is 21.9. The number of benzene rings is 5. The smallest absolute Gasteiger partial charge is 0.289 e. The third-order valence-electron chi connectivity index (χ3n) is 18.2. The molecule has 0 aliphatic carbocycles. The molecule has 11 aromatic rings. The standard InChI is InChI=1S/C26H27Cl2N5O2.C26H21FN4O2S.C24H20N4O3S/c1-30(2)10-5-11-33-23-7-4-3-6-19(23)24(20(17-29)26(33)35)31-12-14-32(15-13-31)25(34)18-8-9-21(27)22(28)16-18;27-19-9-7-18(8-10-19)17-31-22-5-2-1-4-20(22)24(21(16-28)25(31)32)29-11-13-30(14-12-29)26(33)23-6-3-15-34-23;25-14-19-22(26-8-10-27(11-9-26)24(30)21-6-3-12-31-21)18-4-1-2-5-20(18)28(23(19)29)15-17-7-13-32-16-17/h3-4,6-9,16H,5,10-15H2,1-2H3;1-10,15H,11-14,17H2;1-7,12-13,16H,8-11,15H2. The summed E-state index contributed by atoms with van der Waals surface area (Å²) in [5.41, 5.74) is 5.97. The van der Waals surface area contributed by atoms with Crippen molar-refractivity contribution in [3.05, 3.63) is 259 Å². The minimum absolute atomic E-state index is 0.00901. The Labute approximate surface area is 599 Å². The van der Waals surface area contributed by atoms with Crippen molar-refractivity contribution < 1.29 is 23.2 Å². The van der Waals surface area contributed by atoms with Crippen LogP contribution in [-0.2, 0) is 19.6 Å². The van der Waals surface area contributed by atoms with Crippen LogP contribution in [0.3, 0.4) is 0 Å². The fourth-order valence-electron chi connectivity index (χ4n) is 13.2. The van der Waals surface area contributed by atoms with Crippen LogP contribution in [-0.4, -0.2) is 150 Å². The Morgan fingerprint density at radius 2 is 0.990 bits per heavy atom. The molecule has 512 valence electrons. The van der Waals surface area contributed by atoms with Gasteiger partial charge in [0, 0.05) is 107 Å². The summed E-state index contributed by atoms with van der Waals surface area (Å²) in [4.78, 5) is 92.7. The molecule has 101 heavy (non-hydrogen) atoms. The highest BCUT2D eigenvalue weighted by molar-refractivity contribution is 7.12. The Morgan fingerprint density at radius 1 is 0.515 bits per heavy atom. The summed E-state index contributed by atoms with van der Waals surface area (Å²) in [7, 11) is 3.99. The van der Waals surface area contributed by atoms with Crippen molar-refractivity contribution in [2.75, 3.05) is 114 Å². The van der Waals surface area contributed by atoms with Crippen LogP contribution in [0.15, 0.2) is 187 Å². The van der Waals surface area contributed by atoms with E-state index >= 15 is 0 Å². The summed E-state index contributed by atoms with van der Waals surface area (Å²) in [6, 6.07) is 49.3. The molecule has 3 aliphatic rings. The lowest BCUT2D eigenvalue weighted by molar-refractivity contribution is 0.0712. The van der Waals surface area contributed by atoms with Gasteiger partial charge in [0.1, 0.15) is 40.7 Å². The molecule has 0 saturated carbocycles. The van der Waals surface area contributed by atoms with Crippen LogP contribution < -0.4 is 31.4 Å².